The lowest BCUT2D eigenvalue weighted by atomic mass is 9.89. The number of nitrogens with one attached hydrogen (secondary N) is 1. The second kappa shape index (κ2) is 7.70. The lowest BCUT2D eigenvalue weighted by molar-refractivity contribution is 0.0537. The Bertz CT molecular complexity index is 419. The normalized spacial score (nSPS) is 18.9. The predicted molar refractivity (Wildman–Crippen MR) is 90.1 cm³/mol. The summed E-state index contributed by atoms with van der Waals surface area (Å²) in [5.74, 6) is 0.729. The summed E-state index contributed by atoms with van der Waals surface area (Å²) < 4.78 is 5.51. The van der Waals surface area contributed by atoms with Crippen molar-refractivity contribution in [3.05, 3.63) is 16.1 Å². The quantitative estimate of drug-likeness (QED) is 0.868. The van der Waals surface area contributed by atoms with Gasteiger partial charge in [0.15, 0.2) is 0 Å². The van der Waals surface area contributed by atoms with E-state index in [1.54, 1.807) is 0 Å². The minimum Gasteiger partial charge on any atom is -0.381 e. The summed E-state index contributed by atoms with van der Waals surface area (Å²) in [5.41, 5.74) is 1.38. The molecule has 120 valence electrons. The third-order valence-corrected chi connectivity index (χ3v) is 5.08. The number of aromatic nitrogens is 1. The first-order chi connectivity index (χ1) is 10.0. The summed E-state index contributed by atoms with van der Waals surface area (Å²) in [5, 5.41) is 7.26. The molecule has 1 fully saturated rings. The third-order valence-electron chi connectivity index (χ3n) is 4.21. The molecule has 3 nitrogen and oxygen atoms in total. The first kappa shape index (κ1) is 16.9. The molecule has 0 saturated carbocycles. The van der Waals surface area contributed by atoms with E-state index in [4.69, 9.17) is 9.72 Å². The van der Waals surface area contributed by atoms with Gasteiger partial charge >= 0.3 is 0 Å². The molecule has 1 N–H and O–H groups in total. The fourth-order valence-corrected chi connectivity index (χ4v) is 3.87. The monoisotopic (exact) mass is 310 g/mol. The van der Waals surface area contributed by atoms with E-state index in [2.05, 4.69) is 38.4 Å². The highest BCUT2D eigenvalue weighted by Gasteiger charge is 2.25. The highest BCUT2D eigenvalue weighted by molar-refractivity contribution is 7.09. The largest absolute Gasteiger partial charge is 0.381 e. The zero-order valence-electron chi connectivity index (χ0n) is 13.9. The van der Waals surface area contributed by atoms with Crippen molar-refractivity contribution in [3.8, 4) is 0 Å². The van der Waals surface area contributed by atoms with Crippen molar-refractivity contribution in [2.24, 2.45) is 5.92 Å². The minimum atomic E-state index is 0.153. The van der Waals surface area contributed by atoms with Gasteiger partial charge in [-0.1, -0.05) is 27.7 Å². The molecule has 1 saturated heterocycles. The molecule has 1 unspecified atom stereocenters. The predicted octanol–water partition coefficient (Wildman–Crippen LogP) is 3.78. The zero-order valence-corrected chi connectivity index (χ0v) is 14.8. The van der Waals surface area contributed by atoms with E-state index in [1.807, 2.05) is 11.3 Å². The number of hydrogen-bond acceptors (Lipinski definition) is 4. The number of nitrogens with zero attached hydrogens (tertiary/aromatic N) is 1. The molecule has 2 heterocycles. The molecule has 0 spiro atoms. The van der Waals surface area contributed by atoms with Crippen LogP contribution in [0.1, 0.15) is 57.7 Å². The van der Waals surface area contributed by atoms with Crippen LogP contribution in [0, 0.1) is 5.92 Å². The van der Waals surface area contributed by atoms with Crippen molar-refractivity contribution in [3.63, 3.8) is 0 Å². The molecule has 0 aromatic carbocycles. The first-order valence-corrected chi connectivity index (χ1v) is 9.14. The second-order valence-corrected chi connectivity index (χ2v) is 8.03. The van der Waals surface area contributed by atoms with Crippen molar-refractivity contribution in [1.29, 1.82) is 0 Å². The van der Waals surface area contributed by atoms with Gasteiger partial charge in [0.05, 0.1) is 10.7 Å². The third kappa shape index (κ3) is 5.04. The van der Waals surface area contributed by atoms with Crippen LogP contribution in [0.15, 0.2) is 5.38 Å². The minimum absolute atomic E-state index is 0.153. The van der Waals surface area contributed by atoms with E-state index in [9.17, 15) is 0 Å². The lowest BCUT2D eigenvalue weighted by Crippen LogP contribution is -2.41. The van der Waals surface area contributed by atoms with E-state index < -0.39 is 0 Å². The van der Waals surface area contributed by atoms with Crippen LogP contribution >= 0.6 is 11.3 Å². The van der Waals surface area contributed by atoms with Gasteiger partial charge in [0.1, 0.15) is 0 Å². The Morgan fingerprint density at radius 1 is 1.38 bits per heavy atom. The summed E-state index contributed by atoms with van der Waals surface area (Å²) in [6.07, 6.45) is 4.61. The maximum absolute atomic E-state index is 5.51. The lowest BCUT2D eigenvalue weighted by Gasteiger charge is -2.30. The van der Waals surface area contributed by atoms with Crippen LogP contribution < -0.4 is 5.32 Å². The molecular formula is C17H30N2OS. The van der Waals surface area contributed by atoms with Gasteiger partial charge in [-0.25, -0.2) is 4.98 Å². The van der Waals surface area contributed by atoms with Gasteiger partial charge in [0, 0.05) is 36.5 Å². The molecule has 4 heteroatoms. The van der Waals surface area contributed by atoms with Gasteiger partial charge in [-0.3, -0.25) is 0 Å². The number of thiazole rings is 1. The van der Waals surface area contributed by atoms with Crippen LogP contribution in [0.3, 0.4) is 0 Å². The summed E-state index contributed by atoms with van der Waals surface area (Å²) in [6, 6.07) is 0.549. The fraction of sp³-hybridized carbons (Fsp3) is 0.824. The molecular weight excluding hydrogens is 280 g/mol. The van der Waals surface area contributed by atoms with E-state index in [0.29, 0.717) is 6.04 Å². The number of ether oxygens (including phenoxy) is 1. The van der Waals surface area contributed by atoms with E-state index in [1.165, 1.54) is 30.0 Å². The van der Waals surface area contributed by atoms with Crippen LogP contribution in [-0.2, 0) is 16.6 Å². The number of rotatable bonds is 6. The molecule has 1 atom stereocenters. The Balaban J connectivity index is 2.01. The van der Waals surface area contributed by atoms with Gasteiger partial charge in [-0.15, -0.1) is 11.3 Å². The molecule has 0 bridgehead atoms. The molecule has 1 aromatic rings. The van der Waals surface area contributed by atoms with Gasteiger partial charge in [-0.05, 0) is 31.7 Å². The smallest absolute Gasteiger partial charge is 0.0944 e. The van der Waals surface area contributed by atoms with Gasteiger partial charge in [-0.2, -0.15) is 0 Å². The molecule has 2 rings (SSSR count). The molecule has 21 heavy (non-hydrogen) atoms. The molecule has 0 radical (unpaired) electrons. The molecule has 1 aromatic heterocycles. The molecule has 1 aliphatic heterocycles. The molecule has 0 amide bonds. The Hall–Kier alpha value is -0.450. The van der Waals surface area contributed by atoms with Crippen LogP contribution in [0.5, 0.6) is 0 Å². The van der Waals surface area contributed by atoms with Gasteiger partial charge < -0.3 is 10.1 Å². The van der Waals surface area contributed by atoms with Crippen molar-refractivity contribution >= 4 is 11.3 Å². The van der Waals surface area contributed by atoms with Crippen LogP contribution in [0.2, 0.25) is 0 Å². The summed E-state index contributed by atoms with van der Waals surface area (Å²) >= 11 is 1.82. The van der Waals surface area contributed by atoms with Crippen molar-refractivity contribution in [1.82, 2.24) is 10.3 Å². The Morgan fingerprint density at radius 2 is 2.10 bits per heavy atom. The summed E-state index contributed by atoms with van der Waals surface area (Å²) in [7, 11) is 0. The summed E-state index contributed by atoms with van der Waals surface area (Å²) in [6.45, 7) is 11.9. The maximum Gasteiger partial charge on any atom is 0.0944 e. The van der Waals surface area contributed by atoms with E-state index >= 15 is 0 Å². The van der Waals surface area contributed by atoms with E-state index in [0.717, 1.165) is 32.1 Å². The Labute approximate surface area is 133 Å². The average molecular weight is 311 g/mol. The topological polar surface area (TPSA) is 34.2 Å². The van der Waals surface area contributed by atoms with E-state index in [-0.39, 0.29) is 5.41 Å². The van der Waals surface area contributed by atoms with Crippen molar-refractivity contribution < 1.29 is 4.74 Å². The number of hydrogen-bond donors (Lipinski definition) is 1. The zero-order chi connectivity index (χ0) is 15.3. The first-order valence-electron chi connectivity index (χ1n) is 8.26. The standard InChI is InChI=1S/C17H30N2OS/c1-5-8-18-14(13-6-9-20-10-7-13)11-16-19-15(12-21-16)17(2,3)4/h12-14,18H,5-11H2,1-4H3. The Morgan fingerprint density at radius 3 is 2.67 bits per heavy atom. The highest BCUT2D eigenvalue weighted by atomic mass is 32.1. The second-order valence-electron chi connectivity index (χ2n) is 7.09. The maximum atomic E-state index is 5.51. The highest BCUT2D eigenvalue weighted by Crippen LogP contribution is 2.27. The SMILES string of the molecule is CCCNC(Cc1nc(C(C)(C)C)cs1)C1CCOCC1. The summed E-state index contributed by atoms with van der Waals surface area (Å²) in [4.78, 5) is 4.87. The fourth-order valence-electron chi connectivity index (χ4n) is 2.79. The van der Waals surface area contributed by atoms with Crippen molar-refractivity contribution in [2.45, 2.75) is 64.8 Å². The van der Waals surface area contributed by atoms with Crippen LogP contribution in [0.25, 0.3) is 0 Å². The van der Waals surface area contributed by atoms with Gasteiger partial charge in [0.25, 0.3) is 0 Å². The molecule has 1 aliphatic rings. The average Bonchev–Trinajstić information content (AvgIpc) is 2.93. The Kier molecular flexibility index (Phi) is 6.20. The van der Waals surface area contributed by atoms with Crippen molar-refractivity contribution in [2.75, 3.05) is 19.8 Å². The molecule has 0 aliphatic carbocycles. The van der Waals surface area contributed by atoms with Crippen LogP contribution in [0.4, 0.5) is 0 Å². The van der Waals surface area contributed by atoms with Crippen LogP contribution in [-0.4, -0.2) is 30.8 Å². The van der Waals surface area contributed by atoms with Gasteiger partial charge in [0.2, 0.25) is 0 Å².